The van der Waals surface area contributed by atoms with Crippen LogP contribution in [0.25, 0.3) is 0 Å². The van der Waals surface area contributed by atoms with Gasteiger partial charge in [0, 0.05) is 13.1 Å². The normalized spacial score (nSPS) is 9.41. The number of ether oxygens (including phenoxy) is 3. The highest BCUT2D eigenvalue weighted by atomic mass is 16.6. The Kier molecular flexibility index (Phi) is 32.1. The molecule has 1 atom stereocenters. The van der Waals surface area contributed by atoms with E-state index in [9.17, 15) is 9.59 Å². The summed E-state index contributed by atoms with van der Waals surface area (Å²) in [6.07, 6.45) is -1.28. The number of alkyl carbamates (subject to hydrolysis) is 2. The molecule has 22 heavy (non-hydrogen) atoms. The van der Waals surface area contributed by atoms with Crippen molar-refractivity contribution in [1.82, 2.24) is 10.6 Å². The molecule has 0 radical (unpaired) electrons. The first-order chi connectivity index (χ1) is 8.60. The van der Waals surface area contributed by atoms with Gasteiger partial charge in [0.2, 0.25) is 0 Å². The fourth-order valence-electron chi connectivity index (χ4n) is 1.04. The van der Waals surface area contributed by atoms with E-state index in [2.05, 4.69) is 10.6 Å². The van der Waals surface area contributed by atoms with Crippen LogP contribution in [0.5, 0.6) is 0 Å². The van der Waals surface area contributed by atoms with Crippen LogP contribution in [0, 0.1) is 0 Å². The number of hydrogen-bond donors (Lipinski definition) is 2. The van der Waals surface area contributed by atoms with E-state index in [0.29, 0.717) is 13.1 Å². The fraction of sp³-hybridized carbons (Fsp3) is 0.867. The lowest BCUT2D eigenvalue weighted by molar-refractivity contribution is 0.0132. The van der Waals surface area contributed by atoms with Crippen molar-refractivity contribution < 1.29 is 23.8 Å². The van der Waals surface area contributed by atoms with Crippen LogP contribution in [-0.4, -0.2) is 51.2 Å². The van der Waals surface area contributed by atoms with Crippen molar-refractivity contribution in [2.45, 2.75) is 56.6 Å². The van der Waals surface area contributed by atoms with Gasteiger partial charge < -0.3 is 24.8 Å². The van der Waals surface area contributed by atoms with Crippen LogP contribution in [-0.2, 0) is 14.2 Å². The van der Waals surface area contributed by atoms with Gasteiger partial charge in [-0.1, -0.05) is 29.7 Å². The summed E-state index contributed by atoms with van der Waals surface area (Å²) in [6, 6.07) is 0. The van der Waals surface area contributed by atoms with Crippen LogP contribution in [0.15, 0.2) is 0 Å². The zero-order valence-electron chi connectivity index (χ0n) is 11.2. The van der Waals surface area contributed by atoms with Crippen LogP contribution >= 0.6 is 0 Å². The molecule has 7 heteroatoms. The van der Waals surface area contributed by atoms with E-state index < -0.39 is 12.2 Å². The Bertz CT molecular complexity index is 250. The predicted molar refractivity (Wildman–Crippen MR) is 92.4 cm³/mol. The monoisotopic (exact) mass is 326 g/mol. The van der Waals surface area contributed by atoms with Crippen LogP contribution in [0.1, 0.15) is 50.5 Å². The Morgan fingerprint density at radius 2 is 1.41 bits per heavy atom. The average Bonchev–Trinajstić information content (AvgIpc) is 2.29. The van der Waals surface area contributed by atoms with E-state index >= 15 is 0 Å². The number of carbonyl (C=O) groups is 2. The Balaban J connectivity index is -0.000000241. The summed E-state index contributed by atoms with van der Waals surface area (Å²) in [7, 11) is 0. The standard InChI is InChI=1S/C11H22N2O5.4CH4/c1-4-12-10(14)17-7-6-16-8-9(3)18-11(15)13-5-2;;;;/h9H,4-8H2,1-3H3,(H,12,14)(H,13,15);4*1H4. The van der Waals surface area contributed by atoms with E-state index in [0.717, 1.165) is 0 Å². The zero-order valence-corrected chi connectivity index (χ0v) is 11.2. The van der Waals surface area contributed by atoms with Crippen LogP contribution in [0.3, 0.4) is 0 Å². The smallest absolute Gasteiger partial charge is 0.407 e. The Morgan fingerprint density at radius 1 is 0.909 bits per heavy atom. The summed E-state index contributed by atoms with van der Waals surface area (Å²) in [4.78, 5) is 21.9. The minimum absolute atomic E-state index is 0. The lowest BCUT2D eigenvalue weighted by Crippen LogP contribution is -2.30. The van der Waals surface area contributed by atoms with Gasteiger partial charge in [-0.2, -0.15) is 0 Å². The molecule has 0 aliphatic rings. The van der Waals surface area contributed by atoms with Gasteiger partial charge >= 0.3 is 12.2 Å². The highest BCUT2D eigenvalue weighted by Crippen LogP contribution is 1.93. The van der Waals surface area contributed by atoms with Gasteiger partial charge in [-0.05, 0) is 20.8 Å². The molecule has 7 nitrogen and oxygen atoms in total. The topological polar surface area (TPSA) is 85.9 Å². The third-order valence-corrected chi connectivity index (χ3v) is 1.76. The minimum atomic E-state index is -0.466. The number of nitrogens with one attached hydrogen (secondary N) is 2. The van der Waals surface area contributed by atoms with E-state index in [4.69, 9.17) is 14.2 Å². The van der Waals surface area contributed by atoms with Crippen molar-refractivity contribution in [3.8, 4) is 0 Å². The van der Waals surface area contributed by atoms with Gasteiger partial charge in [0.25, 0.3) is 0 Å². The fourth-order valence-corrected chi connectivity index (χ4v) is 1.04. The maximum atomic E-state index is 11.0. The summed E-state index contributed by atoms with van der Waals surface area (Å²) in [5.74, 6) is 0. The van der Waals surface area contributed by atoms with Crippen LogP contribution in [0.2, 0.25) is 0 Å². The molecule has 0 saturated heterocycles. The molecule has 0 fully saturated rings. The van der Waals surface area contributed by atoms with E-state index in [1.54, 1.807) is 20.8 Å². The third kappa shape index (κ3) is 20.8. The molecule has 0 bridgehead atoms. The first kappa shape index (κ1) is 32.4. The summed E-state index contributed by atoms with van der Waals surface area (Å²) in [5.41, 5.74) is 0. The lowest BCUT2D eigenvalue weighted by Gasteiger charge is -2.13. The van der Waals surface area contributed by atoms with Crippen LogP contribution in [0.4, 0.5) is 9.59 Å². The first-order valence-corrected chi connectivity index (χ1v) is 6.03. The number of rotatable bonds is 8. The van der Waals surface area contributed by atoms with Crippen molar-refractivity contribution in [2.24, 2.45) is 0 Å². The molecule has 0 spiro atoms. The molecule has 0 aliphatic heterocycles. The summed E-state index contributed by atoms with van der Waals surface area (Å²) in [5, 5.41) is 5.00. The zero-order chi connectivity index (χ0) is 13.8. The Labute approximate surface area is 137 Å². The highest BCUT2D eigenvalue weighted by Gasteiger charge is 2.08. The average molecular weight is 326 g/mol. The first-order valence-electron chi connectivity index (χ1n) is 6.03. The minimum Gasteiger partial charge on any atom is -0.447 e. The molecule has 0 heterocycles. The Hall–Kier alpha value is -1.50. The largest absolute Gasteiger partial charge is 0.447 e. The molecular weight excluding hydrogens is 288 g/mol. The van der Waals surface area contributed by atoms with E-state index in [1.807, 2.05) is 0 Å². The highest BCUT2D eigenvalue weighted by molar-refractivity contribution is 5.67. The summed E-state index contributed by atoms with van der Waals surface area (Å²) >= 11 is 0. The van der Waals surface area contributed by atoms with Crippen LogP contribution < -0.4 is 10.6 Å². The molecule has 0 aromatic heterocycles. The molecular formula is C15H38N2O5. The molecule has 0 aromatic rings. The van der Waals surface area contributed by atoms with Crippen molar-refractivity contribution in [1.29, 1.82) is 0 Å². The molecule has 2 N–H and O–H groups in total. The van der Waals surface area contributed by atoms with Crippen molar-refractivity contribution >= 4 is 12.2 Å². The van der Waals surface area contributed by atoms with Gasteiger partial charge in [0.05, 0.1) is 13.2 Å². The van der Waals surface area contributed by atoms with Gasteiger partial charge in [0.15, 0.2) is 0 Å². The molecule has 0 saturated carbocycles. The molecule has 0 aliphatic carbocycles. The predicted octanol–water partition coefficient (Wildman–Crippen LogP) is 3.43. The summed E-state index contributed by atoms with van der Waals surface area (Å²) in [6.45, 7) is 7.07. The van der Waals surface area contributed by atoms with Gasteiger partial charge in [-0.15, -0.1) is 0 Å². The second kappa shape index (κ2) is 21.8. The van der Waals surface area contributed by atoms with E-state index in [-0.39, 0.29) is 55.6 Å². The molecule has 1 unspecified atom stereocenters. The number of amides is 2. The maximum Gasteiger partial charge on any atom is 0.407 e. The van der Waals surface area contributed by atoms with Gasteiger partial charge in [-0.25, -0.2) is 9.59 Å². The molecule has 2 amide bonds. The molecule has 0 rings (SSSR count). The van der Waals surface area contributed by atoms with E-state index in [1.165, 1.54) is 0 Å². The maximum absolute atomic E-state index is 11.0. The van der Waals surface area contributed by atoms with Crippen molar-refractivity contribution in [3.63, 3.8) is 0 Å². The van der Waals surface area contributed by atoms with Crippen molar-refractivity contribution in [2.75, 3.05) is 32.9 Å². The molecule has 138 valence electrons. The summed E-state index contributed by atoms with van der Waals surface area (Å²) < 4.78 is 14.9. The van der Waals surface area contributed by atoms with Gasteiger partial charge in [0.1, 0.15) is 12.7 Å². The SMILES string of the molecule is C.C.C.C.CCNC(=O)OCCOCC(C)OC(=O)NCC. The lowest BCUT2D eigenvalue weighted by atomic mass is 10.4. The number of hydrogen-bond acceptors (Lipinski definition) is 5. The number of carbonyl (C=O) groups excluding carboxylic acids is 2. The second-order valence-electron chi connectivity index (χ2n) is 3.49. The quantitative estimate of drug-likeness (QED) is 0.667. The molecule has 0 aromatic carbocycles. The second-order valence-corrected chi connectivity index (χ2v) is 3.49. The van der Waals surface area contributed by atoms with Gasteiger partial charge in [-0.3, -0.25) is 0 Å². The Morgan fingerprint density at radius 3 is 1.91 bits per heavy atom. The van der Waals surface area contributed by atoms with Crippen molar-refractivity contribution in [3.05, 3.63) is 0 Å². The third-order valence-electron chi connectivity index (χ3n) is 1.76.